The number of carbonyl (C=O) groups is 1. The Morgan fingerprint density at radius 2 is 1.74 bits per heavy atom. The van der Waals surface area contributed by atoms with Crippen LogP contribution in [0.4, 0.5) is 8.78 Å². The van der Waals surface area contributed by atoms with Crippen LogP contribution in [0.3, 0.4) is 0 Å². The number of nitrogens with zero attached hydrogens (tertiary/aromatic N) is 1. The monoisotopic (exact) mass is 347 g/mol. The molecule has 0 bridgehead atoms. The average molecular weight is 347 g/mol. The van der Waals surface area contributed by atoms with E-state index in [9.17, 15) is 22.0 Å². The Labute approximate surface area is 132 Å². The van der Waals surface area contributed by atoms with Crippen LogP contribution in [0.5, 0.6) is 5.75 Å². The van der Waals surface area contributed by atoms with Gasteiger partial charge in [-0.2, -0.15) is 13.1 Å². The molecular weight excluding hydrogens is 332 g/mol. The van der Waals surface area contributed by atoms with E-state index in [1.165, 1.54) is 24.3 Å². The van der Waals surface area contributed by atoms with Gasteiger partial charge >= 0.3 is 5.97 Å². The third-order valence-corrected chi connectivity index (χ3v) is 5.33. The van der Waals surface area contributed by atoms with Crippen LogP contribution in [0, 0.1) is 0 Å². The third kappa shape index (κ3) is 4.26. The molecule has 2 rings (SSSR count). The lowest BCUT2D eigenvalue weighted by molar-refractivity contribution is -0.139. The second kappa shape index (κ2) is 7.05. The summed E-state index contributed by atoms with van der Waals surface area (Å²) in [6, 6.07) is 5.31. The molecule has 0 unspecified atom stereocenters. The van der Waals surface area contributed by atoms with Gasteiger partial charge in [0.05, 0.1) is 4.90 Å². The van der Waals surface area contributed by atoms with E-state index in [1.807, 2.05) is 0 Å². The van der Waals surface area contributed by atoms with E-state index < -0.39 is 28.7 Å². The summed E-state index contributed by atoms with van der Waals surface area (Å²) in [7, 11) is -3.77. The molecule has 0 aromatic heterocycles. The molecular formula is C14H15F2NO5S. The summed E-state index contributed by atoms with van der Waals surface area (Å²) < 4.78 is 55.9. The predicted molar refractivity (Wildman–Crippen MR) is 76.8 cm³/mol. The van der Waals surface area contributed by atoms with Gasteiger partial charge in [0.2, 0.25) is 10.0 Å². The zero-order valence-electron chi connectivity index (χ0n) is 12.0. The number of benzene rings is 1. The molecule has 0 atom stereocenters. The van der Waals surface area contributed by atoms with Crippen molar-refractivity contribution in [1.82, 2.24) is 4.31 Å². The molecule has 1 aromatic carbocycles. The number of aliphatic carboxylic acids is 1. The maximum Gasteiger partial charge on any atom is 0.341 e. The van der Waals surface area contributed by atoms with E-state index in [-0.39, 0.29) is 42.1 Å². The fourth-order valence-electron chi connectivity index (χ4n) is 2.19. The van der Waals surface area contributed by atoms with E-state index in [4.69, 9.17) is 9.84 Å². The first-order valence-corrected chi connectivity index (χ1v) is 8.22. The number of hydrogen-bond donors (Lipinski definition) is 1. The summed E-state index contributed by atoms with van der Waals surface area (Å²) in [6.45, 7) is -0.513. The maximum absolute atomic E-state index is 12.5. The fraction of sp³-hybridized carbons (Fsp3) is 0.357. The van der Waals surface area contributed by atoms with Crippen LogP contribution < -0.4 is 4.74 Å². The van der Waals surface area contributed by atoms with Crippen molar-refractivity contribution < 1.29 is 31.8 Å². The highest BCUT2D eigenvalue weighted by molar-refractivity contribution is 7.89. The number of rotatable bonds is 5. The topological polar surface area (TPSA) is 83.9 Å². The molecule has 0 aliphatic carbocycles. The minimum Gasteiger partial charge on any atom is -0.482 e. The summed E-state index contributed by atoms with van der Waals surface area (Å²) in [5, 5.41) is 8.50. The zero-order valence-corrected chi connectivity index (χ0v) is 12.9. The van der Waals surface area contributed by atoms with Crippen LogP contribution in [0.2, 0.25) is 0 Å². The number of carboxylic acid groups (broad SMARTS) is 1. The van der Waals surface area contributed by atoms with Gasteiger partial charge in [-0.1, -0.05) is 0 Å². The largest absolute Gasteiger partial charge is 0.482 e. The van der Waals surface area contributed by atoms with Crippen molar-refractivity contribution in [2.45, 2.75) is 17.7 Å². The van der Waals surface area contributed by atoms with E-state index in [0.717, 1.165) is 4.31 Å². The van der Waals surface area contributed by atoms with E-state index in [2.05, 4.69) is 0 Å². The van der Waals surface area contributed by atoms with Gasteiger partial charge in [-0.25, -0.2) is 13.2 Å². The minimum absolute atomic E-state index is 0.00568. The zero-order chi connectivity index (χ0) is 17.0. The molecule has 0 radical (unpaired) electrons. The van der Waals surface area contributed by atoms with Crippen molar-refractivity contribution >= 4 is 16.0 Å². The molecule has 1 heterocycles. The van der Waals surface area contributed by atoms with Gasteiger partial charge in [-0.15, -0.1) is 0 Å². The highest BCUT2D eigenvalue weighted by Gasteiger charge is 2.28. The number of hydrogen-bond acceptors (Lipinski definition) is 4. The van der Waals surface area contributed by atoms with Crippen LogP contribution in [-0.2, 0) is 14.8 Å². The average Bonchev–Trinajstić information content (AvgIpc) is 2.53. The van der Waals surface area contributed by atoms with Crippen molar-refractivity contribution in [3.8, 4) is 5.75 Å². The number of carboxylic acids is 1. The smallest absolute Gasteiger partial charge is 0.341 e. The first-order chi connectivity index (χ1) is 10.8. The Balaban J connectivity index is 2.08. The second-order valence-electron chi connectivity index (χ2n) is 4.92. The quantitative estimate of drug-likeness (QED) is 0.882. The molecule has 1 aliphatic heterocycles. The molecule has 0 saturated carbocycles. The summed E-state index contributed by atoms with van der Waals surface area (Å²) >= 11 is 0. The van der Waals surface area contributed by atoms with Crippen LogP contribution in [0.25, 0.3) is 0 Å². The molecule has 23 heavy (non-hydrogen) atoms. The van der Waals surface area contributed by atoms with Crippen molar-refractivity contribution in [3.63, 3.8) is 0 Å². The molecule has 1 N–H and O–H groups in total. The lowest BCUT2D eigenvalue weighted by Crippen LogP contribution is -2.36. The van der Waals surface area contributed by atoms with Crippen molar-refractivity contribution in [3.05, 3.63) is 35.9 Å². The number of halogens is 2. The van der Waals surface area contributed by atoms with E-state index >= 15 is 0 Å². The predicted octanol–water partition coefficient (Wildman–Crippen LogP) is 2.09. The normalized spacial score (nSPS) is 16.2. The van der Waals surface area contributed by atoms with Gasteiger partial charge in [0.25, 0.3) is 6.08 Å². The van der Waals surface area contributed by atoms with Gasteiger partial charge in [0, 0.05) is 13.1 Å². The Hall–Kier alpha value is -2.00. The molecule has 1 aliphatic rings. The molecule has 0 spiro atoms. The summed E-state index contributed by atoms with van der Waals surface area (Å²) in [4.78, 5) is 10.4. The van der Waals surface area contributed by atoms with E-state index in [0.29, 0.717) is 0 Å². The summed E-state index contributed by atoms with van der Waals surface area (Å²) in [6.07, 6.45) is -1.70. The Bertz CT molecular complexity index is 701. The van der Waals surface area contributed by atoms with Crippen molar-refractivity contribution in [2.75, 3.05) is 19.7 Å². The molecule has 1 aromatic rings. The van der Waals surface area contributed by atoms with Crippen molar-refractivity contribution in [1.29, 1.82) is 0 Å². The molecule has 0 amide bonds. The minimum atomic E-state index is -3.77. The van der Waals surface area contributed by atoms with Gasteiger partial charge in [-0.3, -0.25) is 0 Å². The number of piperidine rings is 1. The maximum atomic E-state index is 12.5. The second-order valence-corrected chi connectivity index (χ2v) is 6.86. The van der Waals surface area contributed by atoms with Crippen molar-refractivity contribution in [2.24, 2.45) is 0 Å². The van der Waals surface area contributed by atoms with Crippen LogP contribution >= 0.6 is 0 Å². The van der Waals surface area contributed by atoms with Gasteiger partial charge in [0.1, 0.15) is 5.75 Å². The van der Waals surface area contributed by atoms with Gasteiger partial charge in [-0.05, 0) is 42.7 Å². The van der Waals surface area contributed by atoms with Gasteiger partial charge in [0.15, 0.2) is 6.61 Å². The van der Waals surface area contributed by atoms with Crippen LogP contribution in [0.15, 0.2) is 40.8 Å². The highest BCUT2D eigenvalue weighted by atomic mass is 32.2. The highest BCUT2D eigenvalue weighted by Crippen LogP contribution is 2.26. The molecule has 9 heteroatoms. The Morgan fingerprint density at radius 3 is 2.22 bits per heavy atom. The first-order valence-electron chi connectivity index (χ1n) is 6.78. The van der Waals surface area contributed by atoms with Crippen LogP contribution in [0.1, 0.15) is 12.8 Å². The summed E-state index contributed by atoms with van der Waals surface area (Å²) in [5.41, 5.74) is -0.00568. The lowest BCUT2D eigenvalue weighted by Gasteiger charge is -2.27. The molecule has 1 saturated heterocycles. The number of ether oxygens (including phenoxy) is 1. The lowest BCUT2D eigenvalue weighted by atomic mass is 10.1. The Morgan fingerprint density at radius 1 is 1.17 bits per heavy atom. The van der Waals surface area contributed by atoms with E-state index in [1.54, 1.807) is 0 Å². The first kappa shape index (κ1) is 17.4. The third-order valence-electron chi connectivity index (χ3n) is 3.42. The number of sulfonamides is 1. The fourth-order valence-corrected chi connectivity index (χ4v) is 3.63. The molecule has 1 fully saturated rings. The van der Waals surface area contributed by atoms with Crippen LogP contribution in [-0.4, -0.2) is 43.5 Å². The molecule has 126 valence electrons. The SMILES string of the molecule is O=C(O)COc1ccc(S(=O)(=O)N2CCC(=C(F)F)CC2)cc1. The standard InChI is InChI=1S/C14H15F2NO5S/c15-14(16)10-5-7-17(8-6-10)23(20,21)12-3-1-11(2-4-12)22-9-13(18)19/h1-4H,5-9H2,(H,18,19). The van der Waals surface area contributed by atoms with Gasteiger partial charge < -0.3 is 9.84 Å². The Kier molecular flexibility index (Phi) is 5.32. The molecule has 6 nitrogen and oxygen atoms in total. The summed E-state index contributed by atoms with van der Waals surface area (Å²) in [5.74, 6) is -0.909.